The van der Waals surface area contributed by atoms with Crippen LogP contribution >= 0.6 is 0 Å². The number of hydrogen-bond acceptors (Lipinski definition) is 3. The fourth-order valence-electron chi connectivity index (χ4n) is 1.57. The van der Waals surface area contributed by atoms with Crippen molar-refractivity contribution in [2.45, 2.75) is 26.7 Å². The van der Waals surface area contributed by atoms with Crippen LogP contribution in [0.4, 0.5) is 0 Å². The summed E-state index contributed by atoms with van der Waals surface area (Å²) in [7, 11) is 0. The smallest absolute Gasteiger partial charge is 0.338 e. The van der Waals surface area contributed by atoms with Gasteiger partial charge in [0, 0.05) is 6.61 Å². The van der Waals surface area contributed by atoms with Crippen LogP contribution in [0.2, 0.25) is 0 Å². The number of rotatable bonds is 5. The van der Waals surface area contributed by atoms with Crippen LogP contribution in [0, 0.1) is 0 Å². The van der Waals surface area contributed by atoms with Gasteiger partial charge in [0.2, 0.25) is 0 Å². The Morgan fingerprint density at radius 3 is 2.50 bits per heavy atom. The van der Waals surface area contributed by atoms with Crippen molar-refractivity contribution in [2.24, 2.45) is 0 Å². The topological polar surface area (TPSA) is 46.5 Å². The van der Waals surface area contributed by atoms with Crippen LogP contribution in [-0.4, -0.2) is 24.3 Å². The maximum Gasteiger partial charge on any atom is 0.338 e. The summed E-state index contributed by atoms with van der Waals surface area (Å²) in [5.74, 6) is -0.294. The minimum Gasteiger partial charge on any atom is -0.462 e. The van der Waals surface area contributed by atoms with Crippen LogP contribution in [0.5, 0.6) is 0 Å². The zero-order valence-electron chi connectivity index (χ0n) is 9.82. The van der Waals surface area contributed by atoms with Crippen molar-refractivity contribution in [3.8, 4) is 0 Å². The third kappa shape index (κ3) is 3.35. The van der Waals surface area contributed by atoms with Crippen LogP contribution in [0.25, 0.3) is 0 Å². The highest BCUT2D eigenvalue weighted by Gasteiger charge is 2.08. The molecule has 0 atom stereocenters. The van der Waals surface area contributed by atoms with Crippen LogP contribution in [0.3, 0.4) is 0 Å². The van der Waals surface area contributed by atoms with Gasteiger partial charge < -0.3 is 9.84 Å². The molecule has 3 heteroatoms. The molecule has 1 aromatic carbocycles. The molecule has 1 N–H and O–H groups in total. The molecule has 0 aromatic heterocycles. The summed E-state index contributed by atoms with van der Waals surface area (Å²) < 4.78 is 4.96. The first-order valence-electron chi connectivity index (χ1n) is 5.62. The number of aryl methyl sites for hydroxylation is 1. The summed E-state index contributed by atoms with van der Waals surface area (Å²) in [6, 6.07) is 5.64. The fourth-order valence-corrected chi connectivity index (χ4v) is 1.57. The number of aliphatic hydroxyl groups is 1. The number of aliphatic hydroxyl groups excluding tert-OH is 1. The van der Waals surface area contributed by atoms with Crippen LogP contribution in [0.15, 0.2) is 18.2 Å². The monoisotopic (exact) mass is 222 g/mol. The summed E-state index contributed by atoms with van der Waals surface area (Å²) in [6.45, 7) is 4.29. The van der Waals surface area contributed by atoms with E-state index in [1.807, 2.05) is 19.1 Å². The predicted molar refractivity (Wildman–Crippen MR) is 62.6 cm³/mol. The van der Waals surface area contributed by atoms with Crippen molar-refractivity contribution in [2.75, 3.05) is 13.2 Å². The minimum absolute atomic E-state index is 0.0927. The number of ether oxygens (including phenoxy) is 1. The molecule has 0 heterocycles. The molecule has 1 rings (SSSR count). The Labute approximate surface area is 96.1 Å². The van der Waals surface area contributed by atoms with E-state index >= 15 is 0 Å². The molecule has 0 aliphatic carbocycles. The Morgan fingerprint density at radius 1 is 1.25 bits per heavy atom. The number of carbonyl (C=O) groups is 1. The van der Waals surface area contributed by atoms with Gasteiger partial charge in [0.1, 0.15) is 0 Å². The molecule has 1 aromatic rings. The van der Waals surface area contributed by atoms with Crippen molar-refractivity contribution >= 4 is 5.97 Å². The normalized spacial score (nSPS) is 10.2. The summed E-state index contributed by atoms with van der Waals surface area (Å²) in [6.07, 6.45) is 1.44. The van der Waals surface area contributed by atoms with Gasteiger partial charge in [-0.25, -0.2) is 4.79 Å². The molecule has 0 saturated carbocycles. The van der Waals surface area contributed by atoms with E-state index in [9.17, 15) is 4.79 Å². The van der Waals surface area contributed by atoms with Crippen LogP contribution in [0.1, 0.15) is 35.3 Å². The molecule has 0 amide bonds. The Kier molecular flexibility index (Phi) is 4.99. The van der Waals surface area contributed by atoms with Gasteiger partial charge >= 0.3 is 5.97 Å². The third-order valence-corrected chi connectivity index (χ3v) is 2.37. The molecule has 0 aliphatic heterocycles. The number of carbonyl (C=O) groups excluding carboxylic acids is 1. The van der Waals surface area contributed by atoms with Gasteiger partial charge in [-0.05, 0) is 43.0 Å². The zero-order valence-corrected chi connectivity index (χ0v) is 9.82. The van der Waals surface area contributed by atoms with E-state index in [1.165, 1.54) is 0 Å². The summed E-state index contributed by atoms with van der Waals surface area (Å²) in [5.41, 5.74) is 2.64. The molecule has 0 saturated heterocycles. The van der Waals surface area contributed by atoms with Crippen molar-refractivity contribution in [3.63, 3.8) is 0 Å². The first kappa shape index (κ1) is 12.7. The average molecular weight is 222 g/mol. The molecule has 0 spiro atoms. The highest BCUT2D eigenvalue weighted by molar-refractivity contribution is 5.89. The number of hydrogen-bond donors (Lipinski definition) is 1. The lowest BCUT2D eigenvalue weighted by Crippen LogP contribution is -2.06. The van der Waals surface area contributed by atoms with E-state index in [0.717, 1.165) is 17.5 Å². The van der Waals surface area contributed by atoms with Crippen LogP contribution in [-0.2, 0) is 17.6 Å². The fraction of sp³-hybridized carbons (Fsp3) is 0.462. The molecule has 0 unspecified atom stereocenters. The number of esters is 1. The van der Waals surface area contributed by atoms with Gasteiger partial charge in [-0.1, -0.05) is 13.0 Å². The van der Waals surface area contributed by atoms with Gasteiger partial charge in [-0.2, -0.15) is 0 Å². The molecule has 88 valence electrons. The predicted octanol–water partition coefficient (Wildman–Crippen LogP) is 1.96. The van der Waals surface area contributed by atoms with Crippen molar-refractivity contribution < 1.29 is 14.6 Å². The highest BCUT2D eigenvalue weighted by atomic mass is 16.5. The lowest BCUT2D eigenvalue weighted by atomic mass is 10.0. The maximum atomic E-state index is 11.6. The molecule has 0 bridgehead atoms. The molecule has 0 aliphatic rings. The Hall–Kier alpha value is -1.35. The average Bonchev–Trinajstić information content (AvgIpc) is 2.29. The van der Waals surface area contributed by atoms with Gasteiger partial charge in [0.05, 0.1) is 12.2 Å². The zero-order chi connectivity index (χ0) is 12.0. The third-order valence-electron chi connectivity index (χ3n) is 2.37. The standard InChI is InChI=1S/C13H18O3/c1-3-10-7-11(5-6-14)9-12(8-10)13(15)16-4-2/h7-9,14H,3-6H2,1-2H3. The summed E-state index contributed by atoms with van der Waals surface area (Å²) >= 11 is 0. The first-order valence-corrected chi connectivity index (χ1v) is 5.62. The van der Waals surface area contributed by atoms with Gasteiger partial charge in [-0.3, -0.25) is 0 Å². The summed E-state index contributed by atoms with van der Waals surface area (Å²) in [5, 5.41) is 8.90. The first-order chi connectivity index (χ1) is 7.71. The van der Waals surface area contributed by atoms with Crippen molar-refractivity contribution in [1.29, 1.82) is 0 Å². The van der Waals surface area contributed by atoms with Crippen molar-refractivity contribution in [3.05, 3.63) is 34.9 Å². The lowest BCUT2D eigenvalue weighted by Gasteiger charge is -2.07. The second kappa shape index (κ2) is 6.28. The largest absolute Gasteiger partial charge is 0.462 e. The van der Waals surface area contributed by atoms with E-state index in [2.05, 4.69) is 0 Å². The van der Waals surface area contributed by atoms with Crippen molar-refractivity contribution in [1.82, 2.24) is 0 Å². The molecule has 16 heavy (non-hydrogen) atoms. The maximum absolute atomic E-state index is 11.6. The second-order valence-corrected chi connectivity index (χ2v) is 3.59. The second-order valence-electron chi connectivity index (χ2n) is 3.59. The Morgan fingerprint density at radius 2 is 1.94 bits per heavy atom. The lowest BCUT2D eigenvalue weighted by molar-refractivity contribution is 0.0526. The Balaban J connectivity index is 2.98. The summed E-state index contributed by atoms with van der Waals surface area (Å²) in [4.78, 5) is 11.6. The molecule has 0 fully saturated rings. The van der Waals surface area contributed by atoms with E-state index < -0.39 is 0 Å². The number of benzene rings is 1. The van der Waals surface area contributed by atoms with Gasteiger partial charge in [-0.15, -0.1) is 0 Å². The molecule has 3 nitrogen and oxygen atoms in total. The van der Waals surface area contributed by atoms with E-state index in [0.29, 0.717) is 18.6 Å². The molecular weight excluding hydrogens is 204 g/mol. The Bertz CT molecular complexity index is 358. The molecular formula is C13H18O3. The van der Waals surface area contributed by atoms with E-state index in [1.54, 1.807) is 13.0 Å². The van der Waals surface area contributed by atoms with E-state index in [4.69, 9.17) is 9.84 Å². The van der Waals surface area contributed by atoms with Gasteiger partial charge in [0.25, 0.3) is 0 Å². The minimum atomic E-state index is -0.294. The molecule has 0 radical (unpaired) electrons. The SMILES string of the molecule is CCOC(=O)c1cc(CC)cc(CCO)c1. The van der Waals surface area contributed by atoms with Gasteiger partial charge in [0.15, 0.2) is 0 Å². The highest BCUT2D eigenvalue weighted by Crippen LogP contribution is 2.13. The van der Waals surface area contributed by atoms with E-state index in [-0.39, 0.29) is 12.6 Å². The van der Waals surface area contributed by atoms with Crippen LogP contribution < -0.4 is 0 Å². The quantitative estimate of drug-likeness (QED) is 0.775.